The van der Waals surface area contributed by atoms with E-state index in [0.717, 1.165) is 43.0 Å². The lowest BCUT2D eigenvalue weighted by molar-refractivity contribution is -0.137. The Morgan fingerprint density at radius 1 is 0.967 bits per heavy atom. The zero-order valence-corrected chi connectivity index (χ0v) is 17.5. The van der Waals surface area contributed by atoms with Gasteiger partial charge in [0, 0.05) is 11.1 Å². The average molecular weight is 454 g/mol. The summed E-state index contributed by atoms with van der Waals surface area (Å²) in [6.45, 7) is 0.774. The molecule has 7 heteroatoms. The lowest BCUT2D eigenvalue weighted by Crippen LogP contribution is -2.38. The minimum absolute atomic E-state index is 0.215. The summed E-state index contributed by atoms with van der Waals surface area (Å²) in [5.41, 5.74) is 1.18. The van der Waals surface area contributed by atoms with E-state index < -0.39 is 17.8 Å². The molecule has 0 spiro atoms. The number of aliphatic hydroxyl groups excluding tert-OH is 1. The molecule has 2 unspecified atom stereocenters. The molecule has 0 amide bonds. The van der Waals surface area contributed by atoms with Gasteiger partial charge in [-0.05, 0) is 83.2 Å². The van der Waals surface area contributed by atoms with E-state index in [1.165, 1.54) is 6.07 Å². The van der Waals surface area contributed by atoms with Gasteiger partial charge in [0.05, 0.1) is 16.7 Å². The number of rotatable bonds is 3. The van der Waals surface area contributed by atoms with Crippen molar-refractivity contribution in [1.29, 1.82) is 0 Å². The fraction of sp³-hybridized carbons (Fsp3) is 0.304. The fourth-order valence-corrected chi connectivity index (χ4v) is 4.45. The number of fused-ring (bicyclic) bond motifs is 1. The Morgan fingerprint density at radius 3 is 2.33 bits per heavy atom. The molecule has 2 N–H and O–H groups in total. The SMILES string of the molecule is OC(c1cc(-c2ccc(Cl)cc2)cc2cc(Cl)c(C(F)(F)F)cc12)C1CCCCN1. The maximum absolute atomic E-state index is 13.5. The van der Waals surface area contributed by atoms with Crippen molar-refractivity contribution in [2.45, 2.75) is 37.6 Å². The van der Waals surface area contributed by atoms with Crippen molar-refractivity contribution in [3.05, 3.63) is 69.7 Å². The molecular formula is C23H20Cl2F3NO. The maximum atomic E-state index is 13.5. The van der Waals surface area contributed by atoms with Crippen molar-refractivity contribution in [1.82, 2.24) is 5.32 Å². The van der Waals surface area contributed by atoms with E-state index in [0.29, 0.717) is 21.4 Å². The summed E-state index contributed by atoms with van der Waals surface area (Å²) in [5, 5.41) is 15.5. The Kier molecular flexibility index (Phi) is 5.99. The van der Waals surface area contributed by atoms with Crippen LogP contribution in [0.3, 0.4) is 0 Å². The van der Waals surface area contributed by atoms with Crippen molar-refractivity contribution in [2.24, 2.45) is 0 Å². The van der Waals surface area contributed by atoms with Gasteiger partial charge in [0.15, 0.2) is 0 Å². The Morgan fingerprint density at radius 2 is 1.70 bits per heavy atom. The Labute approximate surface area is 182 Å². The van der Waals surface area contributed by atoms with Crippen LogP contribution >= 0.6 is 23.2 Å². The van der Waals surface area contributed by atoms with Crippen LogP contribution in [0.25, 0.3) is 21.9 Å². The molecule has 0 aromatic heterocycles. The third-order valence-electron chi connectivity index (χ3n) is 5.60. The minimum atomic E-state index is -4.58. The second-order valence-corrected chi connectivity index (χ2v) is 8.47. The zero-order valence-electron chi connectivity index (χ0n) is 15.9. The molecule has 30 heavy (non-hydrogen) atoms. The van der Waals surface area contributed by atoms with Gasteiger partial charge in [0.1, 0.15) is 0 Å². The van der Waals surface area contributed by atoms with Crippen LogP contribution in [0.2, 0.25) is 10.0 Å². The first-order valence-electron chi connectivity index (χ1n) is 9.76. The smallest absolute Gasteiger partial charge is 0.387 e. The van der Waals surface area contributed by atoms with E-state index in [1.807, 2.05) is 12.1 Å². The number of benzene rings is 3. The van der Waals surface area contributed by atoms with E-state index in [9.17, 15) is 18.3 Å². The highest BCUT2D eigenvalue weighted by Crippen LogP contribution is 2.41. The Bertz CT molecular complexity index is 1060. The largest absolute Gasteiger partial charge is 0.417 e. The van der Waals surface area contributed by atoms with E-state index in [2.05, 4.69) is 5.32 Å². The van der Waals surface area contributed by atoms with Crippen molar-refractivity contribution in [3.8, 4) is 11.1 Å². The minimum Gasteiger partial charge on any atom is -0.387 e. The van der Waals surface area contributed by atoms with Gasteiger partial charge in [-0.15, -0.1) is 0 Å². The number of aliphatic hydroxyl groups is 1. The number of halogens is 5. The molecule has 0 bridgehead atoms. The first-order valence-corrected chi connectivity index (χ1v) is 10.5. The summed E-state index contributed by atoms with van der Waals surface area (Å²) < 4.78 is 40.4. The first-order chi connectivity index (χ1) is 14.2. The first kappa shape index (κ1) is 21.4. The van der Waals surface area contributed by atoms with Crippen molar-refractivity contribution in [3.63, 3.8) is 0 Å². The Balaban J connectivity index is 1.92. The predicted molar refractivity (Wildman–Crippen MR) is 115 cm³/mol. The van der Waals surface area contributed by atoms with Crippen LogP contribution < -0.4 is 5.32 Å². The fourth-order valence-electron chi connectivity index (χ4n) is 4.05. The molecule has 3 aromatic carbocycles. The van der Waals surface area contributed by atoms with Crippen molar-refractivity contribution < 1.29 is 18.3 Å². The van der Waals surface area contributed by atoms with Crippen molar-refractivity contribution >= 4 is 34.0 Å². The summed E-state index contributed by atoms with van der Waals surface area (Å²) in [4.78, 5) is 0. The van der Waals surface area contributed by atoms with Gasteiger partial charge >= 0.3 is 6.18 Å². The molecule has 1 aliphatic rings. The van der Waals surface area contributed by atoms with E-state index in [-0.39, 0.29) is 11.1 Å². The van der Waals surface area contributed by atoms with Gasteiger partial charge in [-0.3, -0.25) is 0 Å². The molecule has 2 nitrogen and oxygen atoms in total. The monoisotopic (exact) mass is 453 g/mol. The van der Waals surface area contributed by atoms with Gasteiger partial charge in [-0.1, -0.05) is 41.8 Å². The molecule has 158 valence electrons. The lowest BCUT2D eigenvalue weighted by atomic mass is 9.88. The molecular weight excluding hydrogens is 434 g/mol. The number of hydrogen-bond acceptors (Lipinski definition) is 2. The molecule has 2 atom stereocenters. The summed E-state index contributed by atoms with van der Waals surface area (Å²) in [6, 6.07) is 12.9. The molecule has 4 rings (SSSR count). The average Bonchev–Trinajstić information content (AvgIpc) is 2.72. The number of piperidine rings is 1. The zero-order chi connectivity index (χ0) is 21.5. The molecule has 0 aliphatic carbocycles. The van der Waals surface area contributed by atoms with Crippen LogP contribution in [-0.4, -0.2) is 17.7 Å². The maximum Gasteiger partial charge on any atom is 0.417 e. The van der Waals surface area contributed by atoms with Gasteiger partial charge in [-0.2, -0.15) is 13.2 Å². The third-order valence-corrected chi connectivity index (χ3v) is 6.17. The van der Waals surface area contributed by atoms with Gasteiger partial charge in [0.2, 0.25) is 0 Å². The molecule has 1 aliphatic heterocycles. The van der Waals surface area contributed by atoms with Gasteiger partial charge in [-0.25, -0.2) is 0 Å². The third kappa shape index (κ3) is 4.30. The van der Waals surface area contributed by atoms with Crippen LogP contribution in [0.4, 0.5) is 13.2 Å². The highest BCUT2D eigenvalue weighted by molar-refractivity contribution is 6.32. The van der Waals surface area contributed by atoms with E-state index >= 15 is 0 Å². The number of nitrogens with one attached hydrogen (secondary N) is 1. The standard InChI is InChI=1S/C23H20Cl2F3NO/c24-16-6-4-13(5-7-16)14-9-15-11-20(25)19(23(26,27)28)12-17(15)18(10-14)22(30)21-3-1-2-8-29-21/h4-7,9-12,21-22,29-30H,1-3,8H2. The molecule has 0 saturated carbocycles. The molecule has 3 aromatic rings. The second-order valence-electron chi connectivity index (χ2n) is 7.62. The normalized spacial score (nSPS) is 18.5. The van der Waals surface area contributed by atoms with E-state index in [1.54, 1.807) is 24.3 Å². The summed E-state index contributed by atoms with van der Waals surface area (Å²) >= 11 is 12.0. The molecule has 1 heterocycles. The Hall–Kier alpha value is -1.79. The highest BCUT2D eigenvalue weighted by atomic mass is 35.5. The predicted octanol–water partition coefficient (Wildman–Crippen LogP) is 7.01. The number of alkyl halides is 3. The second kappa shape index (κ2) is 8.39. The van der Waals surface area contributed by atoms with Crippen LogP contribution in [0.15, 0.2) is 48.5 Å². The van der Waals surface area contributed by atoms with Crippen LogP contribution in [-0.2, 0) is 6.18 Å². The van der Waals surface area contributed by atoms with Crippen LogP contribution in [0, 0.1) is 0 Å². The van der Waals surface area contributed by atoms with Gasteiger partial charge < -0.3 is 10.4 Å². The van der Waals surface area contributed by atoms with Crippen LogP contribution in [0.5, 0.6) is 0 Å². The summed E-state index contributed by atoms with van der Waals surface area (Å²) in [7, 11) is 0. The molecule has 0 radical (unpaired) electrons. The lowest BCUT2D eigenvalue weighted by Gasteiger charge is -2.29. The van der Waals surface area contributed by atoms with Crippen LogP contribution in [0.1, 0.15) is 36.5 Å². The summed E-state index contributed by atoms with van der Waals surface area (Å²) in [5.74, 6) is 0. The highest BCUT2D eigenvalue weighted by Gasteiger charge is 2.34. The van der Waals surface area contributed by atoms with Gasteiger partial charge in [0.25, 0.3) is 0 Å². The molecule has 1 saturated heterocycles. The quantitative estimate of drug-likeness (QED) is 0.446. The topological polar surface area (TPSA) is 32.3 Å². The van der Waals surface area contributed by atoms with E-state index in [4.69, 9.17) is 23.2 Å². The van der Waals surface area contributed by atoms with Crippen molar-refractivity contribution in [2.75, 3.05) is 6.54 Å². The summed E-state index contributed by atoms with van der Waals surface area (Å²) in [6.07, 6.45) is -2.78. The molecule has 1 fully saturated rings. The number of hydrogen-bond donors (Lipinski definition) is 2.